The van der Waals surface area contributed by atoms with Gasteiger partial charge in [-0.2, -0.15) is 0 Å². The standard InChI is InChI=1S/C21H18N2O6/c24-16(15-7-8-17-18(11-15)29-10-4-9-28-17)13-23-20(26)19(25)22(21(23)27)12-14-5-2-1-3-6-14/h1-3,5-8,11H,4,9-10,12-13H2. The quantitative estimate of drug-likeness (QED) is 0.438. The van der Waals surface area contributed by atoms with Crippen molar-refractivity contribution < 1.29 is 28.7 Å². The summed E-state index contributed by atoms with van der Waals surface area (Å²) in [7, 11) is 0. The van der Waals surface area contributed by atoms with E-state index < -0.39 is 30.2 Å². The van der Waals surface area contributed by atoms with Crippen molar-refractivity contribution in [3.05, 3.63) is 59.7 Å². The largest absolute Gasteiger partial charge is 0.490 e. The van der Waals surface area contributed by atoms with Crippen molar-refractivity contribution in [3.63, 3.8) is 0 Å². The lowest BCUT2D eigenvalue weighted by molar-refractivity contribution is -0.143. The molecule has 0 spiro atoms. The summed E-state index contributed by atoms with van der Waals surface area (Å²) in [6.45, 7) is 0.445. The zero-order valence-electron chi connectivity index (χ0n) is 15.5. The van der Waals surface area contributed by atoms with Crippen molar-refractivity contribution in [2.75, 3.05) is 19.8 Å². The van der Waals surface area contributed by atoms with Gasteiger partial charge in [0.25, 0.3) is 0 Å². The van der Waals surface area contributed by atoms with Gasteiger partial charge < -0.3 is 9.47 Å². The van der Waals surface area contributed by atoms with E-state index in [4.69, 9.17) is 9.47 Å². The van der Waals surface area contributed by atoms with Crippen LogP contribution in [0.3, 0.4) is 0 Å². The van der Waals surface area contributed by atoms with Gasteiger partial charge in [0, 0.05) is 12.0 Å². The van der Waals surface area contributed by atoms with Crippen LogP contribution in [-0.4, -0.2) is 53.2 Å². The molecule has 0 aliphatic carbocycles. The molecule has 0 unspecified atom stereocenters. The third-order valence-corrected chi connectivity index (χ3v) is 4.69. The third kappa shape index (κ3) is 3.69. The number of nitrogens with zero attached hydrogens (tertiary/aromatic N) is 2. The molecule has 4 rings (SSSR count). The molecule has 8 heteroatoms. The summed E-state index contributed by atoms with van der Waals surface area (Å²) in [5.74, 6) is -1.44. The number of amides is 4. The van der Waals surface area contributed by atoms with E-state index in [0.717, 1.165) is 11.3 Å². The predicted octanol–water partition coefficient (Wildman–Crippen LogP) is 2.02. The molecule has 2 aliphatic heterocycles. The maximum Gasteiger partial charge on any atom is 0.334 e. The van der Waals surface area contributed by atoms with Gasteiger partial charge in [0.1, 0.15) is 0 Å². The van der Waals surface area contributed by atoms with Crippen molar-refractivity contribution in [2.24, 2.45) is 0 Å². The molecule has 0 atom stereocenters. The first-order valence-electron chi connectivity index (χ1n) is 9.18. The summed E-state index contributed by atoms with van der Waals surface area (Å²) >= 11 is 0. The number of imide groups is 2. The number of benzene rings is 2. The summed E-state index contributed by atoms with van der Waals surface area (Å²) in [6, 6.07) is 12.7. The molecule has 0 bridgehead atoms. The van der Waals surface area contributed by atoms with E-state index >= 15 is 0 Å². The lowest BCUT2D eigenvalue weighted by Crippen LogP contribution is -2.36. The fourth-order valence-electron chi connectivity index (χ4n) is 3.17. The Balaban J connectivity index is 1.49. The zero-order chi connectivity index (χ0) is 20.4. The molecule has 4 amide bonds. The Hall–Kier alpha value is -3.68. The summed E-state index contributed by atoms with van der Waals surface area (Å²) in [4.78, 5) is 51.3. The van der Waals surface area contributed by atoms with Crippen LogP contribution in [0.4, 0.5) is 4.79 Å². The van der Waals surface area contributed by atoms with Crippen LogP contribution in [0, 0.1) is 0 Å². The van der Waals surface area contributed by atoms with E-state index in [1.54, 1.807) is 36.4 Å². The monoisotopic (exact) mass is 394 g/mol. The highest BCUT2D eigenvalue weighted by Crippen LogP contribution is 2.30. The molecule has 0 radical (unpaired) electrons. The third-order valence-electron chi connectivity index (χ3n) is 4.69. The number of urea groups is 1. The van der Waals surface area contributed by atoms with Gasteiger partial charge in [-0.05, 0) is 23.8 Å². The van der Waals surface area contributed by atoms with Crippen molar-refractivity contribution in [1.29, 1.82) is 0 Å². The van der Waals surface area contributed by atoms with Crippen molar-refractivity contribution >= 4 is 23.6 Å². The van der Waals surface area contributed by atoms with Crippen molar-refractivity contribution in [2.45, 2.75) is 13.0 Å². The van der Waals surface area contributed by atoms with Crippen LogP contribution >= 0.6 is 0 Å². The van der Waals surface area contributed by atoms with Gasteiger partial charge in [-0.3, -0.25) is 19.3 Å². The average molecular weight is 394 g/mol. The Labute approximate surface area is 166 Å². The molecular formula is C21H18N2O6. The fourth-order valence-corrected chi connectivity index (χ4v) is 3.17. The molecule has 8 nitrogen and oxygen atoms in total. The first kappa shape index (κ1) is 18.7. The van der Waals surface area contributed by atoms with Gasteiger partial charge in [-0.1, -0.05) is 30.3 Å². The molecule has 0 aromatic heterocycles. The number of fused-ring (bicyclic) bond motifs is 1. The highest BCUT2D eigenvalue weighted by atomic mass is 16.5. The van der Waals surface area contributed by atoms with Crippen LogP contribution < -0.4 is 9.47 Å². The van der Waals surface area contributed by atoms with E-state index in [9.17, 15) is 19.2 Å². The van der Waals surface area contributed by atoms with Gasteiger partial charge in [-0.15, -0.1) is 0 Å². The van der Waals surface area contributed by atoms with Crippen LogP contribution in [0.25, 0.3) is 0 Å². The number of rotatable bonds is 5. The zero-order valence-corrected chi connectivity index (χ0v) is 15.5. The smallest absolute Gasteiger partial charge is 0.334 e. The van der Waals surface area contributed by atoms with Gasteiger partial charge in [-0.25, -0.2) is 9.69 Å². The lowest BCUT2D eigenvalue weighted by atomic mass is 10.1. The average Bonchev–Trinajstić information content (AvgIpc) is 2.92. The lowest BCUT2D eigenvalue weighted by Gasteiger charge is -2.15. The van der Waals surface area contributed by atoms with E-state index in [1.807, 2.05) is 6.07 Å². The van der Waals surface area contributed by atoms with Crippen molar-refractivity contribution in [3.8, 4) is 11.5 Å². The topological polar surface area (TPSA) is 93.2 Å². The molecule has 1 fully saturated rings. The minimum Gasteiger partial charge on any atom is -0.490 e. The Morgan fingerprint density at radius 2 is 1.55 bits per heavy atom. The number of ketones is 1. The maximum absolute atomic E-state index is 12.7. The maximum atomic E-state index is 12.7. The fraction of sp³-hybridized carbons (Fsp3) is 0.238. The minimum absolute atomic E-state index is 0.0288. The van der Waals surface area contributed by atoms with E-state index in [-0.39, 0.29) is 12.1 Å². The Bertz CT molecular complexity index is 988. The van der Waals surface area contributed by atoms with Gasteiger partial charge in [0.05, 0.1) is 26.3 Å². The molecule has 29 heavy (non-hydrogen) atoms. The first-order valence-corrected chi connectivity index (χ1v) is 9.18. The second-order valence-corrected chi connectivity index (χ2v) is 6.69. The summed E-state index contributed by atoms with van der Waals surface area (Å²) in [5, 5.41) is 0. The second kappa shape index (κ2) is 7.75. The Morgan fingerprint density at radius 3 is 2.31 bits per heavy atom. The van der Waals surface area contributed by atoms with Crippen molar-refractivity contribution in [1.82, 2.24) is 9.80 Å². The number of ether oxygens (including phenoxy) is 2. The predicted molar refractivity (Wildman–Crippen MR) is 100 cm³/mol. The number of Topliss-reactive ketones (excluding diaryl/α,β-unsaturated/α-hetero) is 1. The highest BCUT2D eigenvalue weighted by Gasteiger charge is 2.45. The van der Waals surface area contributed by atoms with Gasteiger partial charge in [0.15, 0.2) is 17.3 Å². The molecule has 2 aliphatic rings. The van der Waals surface area contributed by atoms with Crippen LogP contribution in [0.2, 0.25) is 0 Å². The number of hydrogen-bond donors (Lipinski definition) is 0. The van der Waals surface area contributed by atoms with Gasteiger partial charge >= 0.3 is 17.8 Å². The number of hydrogen-bond acceptors (Lipinski definition) is 6. The molecule has 1 saturated heterocycles. The Morgan fingerprint density at radius 1 is 0.862 bits per heavy atom. The Kier molecular flexibility index (Phi) is 4.99. The molecule has 2 aromatic carbocycles. The van der Waals surface area contributed by atoms with E-state index in [2.05, 4.69) is 0 Å². The molecular weight excluding hydrogens is 376 g/mol. The van der Waals surface area contributed by atoms with Crippen LogP contribution in [-0.2, 0) is 16.1 Å². The SMILES string of the molecule is O=C(CN1C(=O)C(=O)N(Cc2ccccc2)C1=O)c1ccc2c(c1)OCCCO2. The molecule has 0 saturated carbocycles. The second-order valence-electron chi connectivity index (χ2n) is 6.69. The first-order chi connectivity index (χ1) is 14.0. The van der Waals surface area contributed by atoms with Crippen LogP contribution in [0.5, 0.6) is 11.5 Å². The molecule has 0 N–H and O–H groups in total. The van der Waals surface area contributed by atoms with Crippen LogP contribution in [0.15, 0.2) is 48.5 Å². The normalized spacial score (nSPS) is 16.2. The molecule has 148 valence electrons. The number of carbonyl (C=O) groups is 4. The molecule has 2 heterocycles. The van der Waals surface area contributed by atoms with E-state index in [0.29, 0.717) is 35.2 Å². The highest BCUT2D eigenvalue weighted by molar-refractivity contribution is 6.45. The summed E-state index contributed by atoms with van der Waals surface area (Å²) < 4.78 is 11.1. The number of carbonyl (C=O) groups excluding carboxylic acids is 4. The van der Waals surface area contributed by atoms with E-state index in [1.165, 1.54) is 6.07 Å². The van der Waals surface area contributed by atoms with Gasteiger partial charge in [0.2, 0.25) is 0 Å². The molecule has 2 aromatic rings. The van der Waals surface area contributed by atoms with Crippen LogP contribution in [0.1, 0.15) is 22.3 Å². The summed E-state index contributed by atoms with van der Waals surface area (Å²) in [5.41, 5.74) is 0.974. The minimum atomic E-state index is -1.01. The summed E-state index contributed by atoms with van der Waals surface area (Å²) in [6.07, 6.45) is 0.730.